The summed E-state index contributed by atoms with van der Waals surface area (Å²) in [7, 11) is 0. The van der Waals surface area contributed by atoms with Gasteiger partial charge in [0.05, 0.1) is 0 Å². The molecule has 1 N–H and O–H groups in total. The molecule has 3 aromatic rings. The van der Waals surface area contributed by atoms with E-state index in [1.54, 1.807) is 17.0 Å². The molecule has 28 heavy (non-hydrogen) atoms. The quantitative estimate of drug-likeness (QED) is 0.638. The number of likely N-dealkylation sites (tertiary alicyclic amines) is 1. The lowest BCUT2D eigenvalue weighted by atomic mass is 10.0. The van der Waals surface area contributed by atoms with Crippen LogP contribution in [-0.4, -0.2) is 27.6 Å². The summed E-state index contributed by atoms with van der Waals surface area (Å²) in [6.07, 6.45) is 2.76. The van der Waals surface area contributed by atoms with Gasteiger partial charge in [-0.25, -0.2) is 4.79 Å². The van der Waals surface area contributed by atoms with Gasteiger partial charge in [0.25, 0.3) is 0 Å². The summed E-state index contributed by atoms with van der Waals surface area (Å²) >= 11 is 5.94. The van der Waals surface area contributed by atoms with Crippen molar-refractivity contribution in [2.24, 2.45) is 0 Å². The average Bonchev–Trinajstić information content (AvgIpc) is 3.18. The molecule has 1 fully saturated rings. The number of piperidine rings is 1. The maximum absolute atomic E-state index is 12.9. The predicted octanol–water partition coefficient (Wildman–Crippen LogP) is 5.46. The number of nitrogens with zero attached hydrogens (tertiary/aromatic N) is 3. The van der Waals surface area contributed by atoms with Crippen LogP contribution < -0.4 is 5.32 Å². The molecule has 1 saturated heterocycles. The Labute approximate surface area is 168 Å². The molecule has 144 valence electrons. The highest BCUT2D eigenvalue weighted by Gasteiger charge is 2.32. The minimum Gasteiger partial charge on any atom is -0.337 e. The fourth-order valence-corrected chi connectivity index (χ4v) is 3.56. The summed E-state index contributed by atoms with van der Waals surface area (Å²) in [6.45, 7) is 2.65. The number of aromatic nitrogens is 2. The van der Waals surface area contributed by atoms with Crippen LogP contribution >= 0.6 is 11.6 Å². The van der Waals surface area contributed by atoms with Crippen LogP contribution in [0, 0.1) is 6.92 Å². The number of anilines is 1. The number of halogens is 1. The van der Waals surface area contributed by atoms with Crippen molar-refractivity contribution < 1.29 is 9.32 Å². The molecule has 1 aliphatic rings. The molecule has 1 aliphatic heterocycles. The highest BCUT2D eigenvalue weighted by atomic mass is 35.5. The van der Waals surface area contributed by atoms with Gasteiger partial charge in [-0.2, -0.15) is 4.98 Å². The molecule has 2 amide bonds. The van der Waals surface area contributed by atoms with Crippen molar-refractivity contribution in [1.82, 2.24) is 15.0 Å². The molecule has 6 nitrogen and oxygen atoms in total. The highest BCUT2D eigenvalue weighted by Crippen LogP contribution is 2.32. The summed E-state index contributed by atoms with van der Waals surface area (Å²) in [6, 6.07) is 14.6. The minimum atomic E-state index is -0.230. The van der Waals surface area contributed by atoms with Crippen LogP contribution in [0.1, 0.15) is 36.8 Å². The molecule has 0 saturated carbocycles. The third-order valence-electron chi connectivity index (χ3n) is 4.86. The Morgan fingerprint density at radius 2 is 2.04 bits per heavy atom. The second kappa shape index (κ2) is 8.02. The van der Waals surface area contributed by atoms with Crippen LogP contribution in [0.3, 0.4) is 0 Å². The van der Waals surface area contributed by atoms with Gasteiger partial charge in [0.1, 0.15) is 6.04 Å². The van der Waals surface area contributed by atoms with Gasteiger partial charge < -0.3 is 14.7 Å². The third kappa shape index (κ3) is 4.02. The number of nitrogens with one attached hydrogen (secondary N) is 1. The van der Waals surface area contributed by atoms with Crippen LogP contribution in [0.5, 0.6) is 0 Å². The van der Waals surface area contributed by atoms with E-state index < -0.39 is 0 Å². The van der Waals surface area contributed by atoms with E-state index in [0.717, 1.165) is 36.1 Å². The van der Waals surface area contributed by atoms with Crippen molar-refractivity contribution in [3.63, 3.8) is 0 Å². The minimum absolute atomic E-state index is 0.151. The number of benzene rings is 2. The van der Waals surface area contributed by atoms with E-state index in [1.807, 2.05) is 43.3 Å². The Hall–Kier alpha value is -2.86. The predicted molar refractivity (Wildman–Crippen MR) is 108 cm³/mol. The Kier molecular flexibility index (Phi) is 5.30. The maximum Gasteiger partial charge on any atom is 0.322 e. The van der Waals surface area contributed by atoms with Gasteiger partial charge in [0, 0.05) is 22.8 Å². The normalized spacial score (nSPS) is 16.8. The molecule has 2 heterocycles. The molecule has 0 aliphatic carbocycles. The summed E-state index contributed by atoms with van der Waals surface area (Å²) in [4.78, 5) is 19.2. The van der Waals surface area contributed by atoms with Crippen LogP contribution in [0.25, 0.3) is 11.4 Å². The molecule has 4 rings (SSSR count). The number of hydrogen-bond acceptors (Lipinski definition) is 4. The molecular formula is C21H21ClN4O2. The summed E-state index contributed by atoms with van der Waals surface area (Å²) in [5, 5.41) is 7.72. The number of aryl methyl sites for hydroxylation is 1. The van der Waals surface area contributed by atoms with Gasteiger partial charge in [-0.05, 0) is 68.1 Å². The molecule has 0 bridgehead atoms. The van der Waals surface area contributed by atoms with Crippen molar-refractivity contribution in [2.45, 2.75) is 32.2 Å². The van der Waals surface area contributed by atoms with E-state index in [0.29, 0.717) is 23.3 Å². The zero-order valence-corrected chi connectivity index (χ0v) is 16.3. The Balaban J connectivity index is 1.54. The van der Waals surface area contributed by atoms with Crippen LogP contribution in [0.2, 0.25) is 5.02 Å². The molecule has 1 aromatic heterocycles. The highest BCUT2D eigenvalue weighted by molar-refractivity contribution is 6.30. The second-order valence-electron chi connectivity index (χ2n) is 6.97. The average molecular weight is 397 g/mol. The first-order valence-corrected chi connectivity index (χ1v) is 9.72. The zero-order valence-electron chi connectivity index (χ0n) is 15.6. The lowest BCUT2D eigenvalue weighted by molar-refractivity contribution is 0.142. The van der Waals surface area contributed by atoms with Gasteiger partial charge in [0.2, 0.25) is 11.7 Å². The van der Waals surface area contributed by atoms with Gasteiger partial charge in [-0.15, -0.1) is 0 Å². The van der Waals surface area contributed by atoms with E-state index in [2.05, 4.69) is 15.5 Å². The molecular weight excluding hydrogens is 376 g/mol. The van der Waals surface area contributed by atoms with E-state index >= 15 is 0 Å². The summed E-state index contributed by atoms with van der Waals surface area (Å²) in [5.74, 6) is 0.959. The fourth-order valence-electron chi connectivity index (χ4n) is 3.44. The number of hydrogen-bond donors (Lipinski definition) is 1. The molecule has 2 aromatic carbocycles. The van der Waals surface area contributed by atoms with E-state index in [9.17, 15) is 4.79 Å². The number of urea groups is 1. The fraction of sp³-hybridized carbons (Fsp3) is 0.286. The molecule has 7 heteroatoms. The van der Waals surface area contributed by atoms with Crippen LogP contribution in [0.4, 0.5) is 10.5 Å². The first kappa shape index (κ1) is 18.5. The number of amides is 2. The third-order valence-corrected chi connectivity index (χ3v) is 5.11. The maximum atomic E-state index is 12.9. The Morgan fingerprint density at radius 3 is 2.82 bits per heavy atom. The van der Waals surface area contributed by atoms with Gasteiger partial charge in [-0.1, -0.05) is 28.9 Å². The van der Waals surface area contributed by atoms with Crippen molar-refractivity contribution in [2.75, 3.05) is 11.9 Å². The standard InChI is InChI=1S/C21H21ClN4O2/c1-14-5-4-6-17(13-14)23-21(27)26-12-3-2-7-18(26)20-24-19(25-28-20)15-8-10-16(22)11-9-15/h4-6,8-11,13,18H,2-3,7,12H2,1H3,(H,23,27)/t18-/m1/s1. The number of carbonyl (C=O) groups is 1. The number of rotatable bonds is 3. The van der Waals surface area contributed by atoms with Crippen LogP contribution in [-0.2, 0) is 0 Å². The lowest BCUT2D eigenvalue weighted by Crippen LogP contribution is -2.41. The first-order valence-electron chi connectivity index (χ1n) is 9.34. The summed E-state index contributed by atoms with van der Waals surface area (Å²) in [5.41, 5.74) is 2.70. The van der Waals surface area contributed by atoms with Gasteiger partial charge in [0.15, 0.2) is 0 Å². The molecule has 0 spiro atoms. The van der Waals surface area contributed by atoms with Gasteiger partial charge >= 0.3 is 6.03 Å². The van der Waals surface area contributed by atoms with E-state index in [4.69, 9.17) is 16.1 Å². The molecule has 0 unspecified atom stereocenters. The lowest BCUT2D eigenvalue weighted by Gasteiger charge is -2.33. The summed E-state index contributed by atoms with van der Waals surface area (Å²) < 4.78 is 5.52. The van der Waals surface area contributed by atoms with Crippen molar-refractivity contribution >= 4 is 23.3 Å². The van der Waals surface area contributed by atoms with Gasteiger partial charge in [-0.3, -0.25) is 0 Å². The monoisotopic (exact) mass is 396 g/mol. The van der Waals surface area contributed by atoms with E-state index in [-0.39, 0.29) is 12.1 Å². The SMILES string of the molecule is Cc1cccc(NC(=O)N2CCCC[C@@H]2c2nc(-c3ccc(Cl)cc3)no2)c1. The topological polar surface area (TPSA) is 71.3 Å². The Bertz CT molecular complexity index is 971. The van der Waals surface area contributed by atoms with Crippen molar-refractivity contribution in [3.8, 4) is 11.4 Å². The Morgan fingerprint density at radius 1 is 1.21 bits per heavy atom. The second-order valence-corrected chi connectivity index (χ2v) is 7.40. The zero-order chi connectivity index (χ0) is 19.5. The van der Waals surface area contributed by atoms with E-state index in [1.165, 1.54) is 0 Å². The number of carbonyl (C=O) groups excluding carboxylic acids is 1. The van der Waals surface area contributed by atoms with Crippen LogP contribution in [0.15, 0.2) is 53.1 Å². The smallest absolute Gasteiger partial charge is 0.322 e. The molecule has 1 atom stereocenters. The molecule has 0 radical (unpaired) electrons. The largest absolute Gasteiger partial charge is 0.337 e. The van der Waals surface area contributed by atoms with Crippen molar-refractivity contribution in [3.05, 3.63) is 65.0 Å². The first-order chi connectivity index (χ1) is 13.6. The van der Waals surface area contributed by atoms with Crippen molar-refractivity contribution in [1.29, 1.82) is 0 Å².